The lowest BCUT2D eigenvalue weighted by molar-refractivity contribution is 0.410. The monoisotopic (exact) mass is 285 g/mol. The van der Waals surface area contributed by atoms with Crippen molar-refractivity contribution in [2.45, 2.75) is 32.7 Å². The molecule has 3 nitrogen and oxygen atoms in total. The maximum Gasteiger partial charge on any atom is 0.121 e. The van der Waals surface area contributed by atoms with E-state index in [-0.39, 0.29) is 11.8 Å². The highest BCUT2D eigenvalue weighted by molar-refractivity contribution is 5.55. The number of phenols is 1. The van der Waals surface area contributed by atoms with Crippen LogP contribution in [-0.4, -0.2) is 12.2 Å². The summed E-state index contributed by atoms with van der Waals surface area (Å²) in [6, 6.07) is 13.5. The summed E-state index contributed by atoms with van der Waals surface area (Å²) in [7, 11) is 1.63. The van der Waals surface area contributed by atoms with Crippen molar-refractivity contribution in [2.75, 3.05) is 12.4 Å². The van der Waals surface area contributed by atoms with Gasteiger partial charge in [-0.15, -0.1) is 0 Å². The fourth-order valence-electron chi connectivity index (χ4n) is 2.45. The maximum absolute atomic E-state index is 10.1. The molecule has 0 bridgehead atoms. The molecule has 2 aromatic rings. The molecule has 112 valence electrons. The Labute approximate surface area is 126 Å². The third-order valence-electron chi connectivity index (χ3n) is 3.66. The van der Waals surface area contributed by atoms with Gasteiger partial charge >= 0.3 is 0 Å². The van der Waals surface area contributed by atoms with E-state index in [0.29, 0.717) is 5.92 Å². The lowest BCUT2D eigenvalue weighted by Crippen LogP contribution is -2.09. The Balaban J connectivity index is 2.28. The molecule has 21 heavy (non-hydrogen) atoms. The Hall–Kier alpha value is -2.16. The van der Waals surface area contributed by atoms with Gasteiger partial charge in [0.25, 0.3) is 0 Å². The van der Waals surface area contributed by atoms with Gasteiger partial charge in [-0.1, -0.05) is 32.0 Å². The van der Waals surface area contributed by atoms with Crippen molar-refractivity contribution in [3.8, 4) is 11.5 Å². The summed E-state index contributed by atoms with van der Waals surface area (Å²) in [5.41, 5.74) is 3.20. The Morgan fingerprint density at radius 3 is 2.38 bits per heavy atom. The minimum Gasteiger partial charge on any atom is -0.508 e. The van der Waals surface area contributed by atoms with Crippen LogP contribution in [0.3, 0.4) is 0 Å². The first-order valence-corrected chi connectivity index (χ1v) is 7.25. The van der Waals surface area contributed by atoms with E-state index in [2.05, 4.69) is 31.3 Å². The molecule has 0 heterocycles. The first-order chi connectivity index (χ1) is 10.0. The van der Waals surface area contributed by atoms with Crippen molar-refractivity contribution in [3.63, 3.8) is 0 Å². The van der Waals surface area contributed by atoms with Crippen LogP contribution in [0.5, 0.6) is 11.5 Å². The predicted octanol–water partition coefficient (Wildman–Crippen LogP) is 4.70. The van der Waals surface area contributed by atoms with E-state index >= 15 is 0 Å². The average molecular weight is 285 g/mol. The Bertz CT molecular complexity index is 608. The van der Waals surface area contributed by atoms with Gasteiger partial charge in [0.05, 0.1) is 13.2 Å². The number of phenolic OH excluding ortho intramolecular Hbond substituents is 1. The van der Waals surface area contributed by atoms with Crippen molar-refractivity contribution < 1.29 is 9.84 Å². The molecule has 2 N–H and O–H groups in total. The Morgan fingerprint density at radius 1 is 1.00 bits per heavy atom. The zero-order valence-corrected chi connectivity index (χ0v) is 13.1. The minimum absolute atomic E-state index is 0.0139. The standard InChI is InChI=1S/C18H23NO2/c1-12(2)15-7-5-6-8-17(15)19-13(3)16-11-14(21-4)9-10-18(16)20/h5-13,19-20H,1-4H3. The van der Waals surface area contributed by atoms with Crippen LogP contribution in [0.2, 0.25) is 0 Å². The van der Waals surface area contributed by atoms with Crippen LogP contribution in [0.4, 0.5) is 5.69 Å². The van der Waals surface area contributed by atoms with Gasteiger partial charge in [0.15, 0.2) is 0 Å². The van der Waals surface area contributed by atoms with E-state index in [4.69, 9.17) is 4.74 Å². The molecule has 2 aromatic carbocycles. The summed E-state index contributed by atoms with van der Waals surface area (Å²) in [5, 5.41) is 13.5. The van der Waals surface area contributed by atoms with Gasteiger partial charge in [-0.05, 0) is 42.7 Å². The van der Waals surface area contributed by atoms with Crippen molar-refractivity contribution in [1.29, 1.82) is 0 Å². The van der Waals surface area contributed by atoms with Crippen LogP contribution >= 0.6 is 0 Å². The van der Waals surface area contributed by atoms with E-state index < -0.39 is 0 Å². The minimum atomic E-state index is -0.0139. The van der Waals surface area contributed by atoms with Gasteiger partial charge in [-0.3, -0.25) is 0 Å². The molecule has 1 unspecified atom stereocenters. The van der Waals surface area contributed by atoms with Crippen LogP contribution in [0.25, 0.3) is 0 Å². The average Bonchev–Trinajstić information content (AvgIpc) is 2.48. The zero-order chi connectivity index (χ0) is 15.4. The molecule has 0 aromatic heterocycles. The highest BCUT2D eigenvalue weighted by atomic mass is 16.5. The number of benzene rings is 2. The van der Waals surface area contributed by atoms with Crippen LogP contribution < -0.4 is 10.1 Å². The summed E-state index contributed by atoms with van der Waals surface area (Å²) < 4.78 is 5.23. The van der Waals surface area contributed by atoms with Crippen molar-refractivity contribution in [3.05, 3.63) is 53.6 Å². The fraction of sp³-hybridized carbons (Fsp3) is 0.333. The van der Waals surface area contributed by atoms with E-state index in [9.17, 15) is 5.11 Å². The quantitative estimate of drug-likeness (QED) is 0.837. The SMILES string of the molecule is COc1ccc(O)c(C(C)Nc2ccccc2C(C)C)c1. The number of methoxy groups -OCH3 is 1. The molecule has 1 atom stereocenters. The first kappa shape index (κ1) is 15.2. The fourth-order valence-corrected chi connectivity index (χ4v) is 2.45. The lowest BCUT2D eigenvalue weighted by Gasteiger charge is -2.21. The molecule has 0 saturated carbocycles. The number of hydrogen-bond acceptors (Lipinski definition) is 3. The van der Waals surface area contributed by atoms with Crippen LogP contribution in [-0.2, 0) is 0 Å². The zero-order valence-electron chi connectivity index (χ0n) is 13.1. The van der Waals surface area contributed by atoms with Gasteiger partial charge in [0.1, 0.15) is 11.5 Å². The van der Waals surface area contributed by atoms with Gasteiger partial charge in [-0.25, -0.2) is 0 Å². The number of aromatic hydroxyl groups is 1. The molecule has 0 amide bonds. The van der Waals surface area contributed by atoms with Gasteiger partial charge in [-0.2, -0.15) is 0 Å². The van der Waals surface area contributed by atoms with E-state index in [1.807, 2.05) is 25.1 Å². The molecule has 3 heteroatoms. The first-order valence-electron chi connectivity index (χ1n) is 7.25. The van der Waals surface area contributed by atoms with Gasteiger partial charge in [0, 0.05) is 11.3 Å². The largest absolute Gasteiger partial charge is 0.508 e. The van der Waals surface area contributed by atoms with Crippen LogP contribution in [0.15, 0.2) is 42.5 Å². The number of ether oxygens (including phenoxy) is 1. The number of para-hydroxylation sites is 1. The molecular weight excluding hydrogens is 262 g/mol. The molecule has 0 aliphatic rings. The van der Waals surface area contributed by atoms with E-state index in [1.54, 1.807) is 19.2 Å². The topological polar surface area (TPSA) is 41.5 Å². The number of hydrogen-bond donors (Lipinski definition) is 2. The summed E-state index contributed by atoms with van der Waals surface area (Å²) in [6.07, 6.45) is 0. The number of anilines is 1. The van der Waals surface area contributed by atoms with Gasteiger partial charge < -0.3 is 15.2 Å². The predicted molar refractivity (Wildman–Crippen MR) is 87.2 cm³/mol. The van der Waals surface area contributed by atoms with Gasteiger partial charge in [0.2, 0.25) is 0 Å². The second-order valence-electron chi connectivity index (χ2n) is 5.53. The normalized spacial score (nSPS) is 12.2. The second-order valence-corrected chi connectivity index (χ2v) is 5.53. The molecule has 0 aliphatic heterocycles. The molecule has 0 fully saturated rings. The molecular formula is C18H23NO2. The third-order valence-corrected chi connectivity index (χ3v) is 3.66. The Kier molecular flexibility index (Phi) is 4.73. The molecule has 0 saturated heterocycles. The number of rotatable bonds is 5. The second kappa shape index (κ2) is 6.53. The maximum atomic E-state index is 10.1. The highest BCUT2D eigenvalue weighted by Gasteiger charge is 2.14. The summed E-state index contributed by atoms with van der Waals surface area (Å²) in [4.78, 5) is 0. The van der Waals surface area contributed by atoms with Crippen LogP contribution in [0.1, 0.15) is 43.9 Å². The highest BCUT2D eigenvalue weighted by Crippen LogP contribution is 2.32. The molecule has 0 radical (unpaired) electrons. The number of nitrogens with one attached hydrogen (secondary N) is 1. The molecule has 0 spiro atoms. The van der Waals surface area contributed by atoms with Crippen molar-refractivity contribution in [1.82, 2.24) is 0 Å². The van der Waals surface area contributed by atoms with Crippen LogP contribution in [0, 0.1) is 0 Å². The third kappa shape index (κ3) is 3.48. The summed E-state index contributed by atoms with van der Waals surface area (Å²) >= 11 is 0. The van der Waals surface area contributed by atoms with E-state index in [1.165, 1.54) is 5.56 Å². The molecule has 2 rings (SSSR count). The van der Waals surface area contributed by atoms with Crippen molar-refractivity contribution >= 4 is 5.69 Å². The molecule has 0 aliphatic carbocycles. The van der Waals surface area contributed by atoms with E-state index in [0.717, 1.165) is 17.0 Å². The Morgan fingerprint density at radius 2 is 1.71 bits per heavy atom. The summed E-state index contributed by atoms with van der Waals surface area (Å²) in [5.74, 6) is 1.46. The van der Waals surface area contributed by atoms with Crippen molar-refractivity contribution in [2.24, 2.45) is 0 Å². The summed E-state index contributed by atoms with van der Waals surface area (Å²) in [6.45, 7) is 6.38. The lowest BCUT2D eigenvalue weighted by atomic mass is 9.99. The smallest absolute Gasteiger partial charge is 0.121 e.